The van der Waals surface area contributed by atoms with Crippen LogP contribution in [0.4, 0.5) is 4.39 Å². The minimum Gasteiger partial charge on any atom is -0.389 e. The summed E-state index contributed by atoms with van der Waals surface area (Å²) in [7, 11) is 1.30. The van der Waals surface area contributed by atoms with Crippen LogP contribution in [0.5, 0.6) is 0 Å². The van der Waals surface area contributed by atoms with Crippen molar-refractivity contribution in [2.45, 2.75) is 36.6 Å². The molecule has 6 atom stereocenters. The fourth-order valence-corrected chi connectivity index (χ4v) is 1.57. The first-order chi connectivity index (χ1) is 6.00. The molecule has 0 radical (unpaired) electrons. The first-order valence-corrected chi connectivity index (χ1v) is 4.05. The molecule has 0 aromatic heterocycles. The maximum atomic E-state index is 13.2. The van der Waals surface area contributed by atoms with Gasteiger partial charge in [0.25, 0.3) is 0 Å². The van der Waals surface area contributed by atoms with E-state index in [0.29, 0.717) is 0 Å². The molecule has 5 nitrogen and oxygen atoms in total. The van der Waals surface area contributed by atoms with E-state index in [1.807, 2.05) is 0 Å². The van der Waals surface area contributed by atoms with Crippen LogP contribution in [-0.2, 0) is 4.74 Å². The van der Waals surface area contributed by atoms with Gasteiger partial charge in [-0.2, -0.15) is 0 Å². The lowest BCUT2D eigenvalue weighted by Gasteiger charge is -2.41. The van der Waals surface area contributed by atoms with Crippen LogP contribution in [0.15, 0.2) is 0 Å². The van der Waals surface area contributed by atoms with E-state index in [0.717, 1.165) is 0 Å². The van der Waals surface area contributed by atoms with E-state index >= 15 is 0 Å². The third kappa shape index (κ3) is 1.68. The van der Waals surface area contributed by atoms with Crippen molar-refractivity contribution in [1.29, 1.82) is 0 Å². The second kappa shape index (κ2) is 3.85. The van der Waals surface area contributed by atoms with Crippen LogP contribution in [0.2, 0.25) is 0 Å². The van der Waals surface area contributed by atoms with E-state index in [2.05, 4.69) is 0 Å². The fourth-order valence-electron chi connectivity index (χ4n) is 1.57. The van der Waals surface area contributed by atoms with Gasteiger partial charge < -0.3 is 26.4 Å². The average Bonchev–Trinajstić information content (AvgIpc) is 2.13. The number of nitrogens with two attached hydrogens (primary N) is 2. The maximum Gasteiger partial charge on any atom is 0.135 e. The molecule has 0 aromatic carbocycles. The van der Waals surface area contributed by atoms with Crippen molar-refractivity contribution in [3.63, 3.8) is 0 Å². The highest BCUT2D eigenvalue weighted by Gasteiger charge is 2.47. The molecule has 78 valence electrons. The van der Waals surface area contributed by atoms with E-state index in [-0.39, 0.29) is 0 Å². The van der Waals surface area contributed by atoms with Gasteiger partial charge in [-0.25, -0.2) is 4.39 Å². The predicted octanol–water partition coefficient (Wildman–Crippen LogP) is -2.27. The van der Waals surface area contributed by atoms with Gasteiger partial charge in [-0.3, -0.25) is 0 Å². The van der Waals surface area contributed by atoms with Crippen LogP contribution in [0.25, 0.3) is 0 Å². The zero-order chi connectivity index (χ0) is 10.2. The van der Waals surface area contributed by atoms with Gasteiger partial charge in [0.1, 0.15) is 24.5 Å². The van der Waals surface area contributed by atoms with Crippen molar-refractivity contribution in [2.24, 2.45) is 11.5 Å². The quantitative estimate of drug-likeness (QED) is 0.377. The average molecular weight is 194 g/mol. The lowest BCUT2D eigenvalue weighted by Crippen LogP contribution is -2.68. The summed E-state index contributed by atoms with van der Waals surface area (Å²) in [4.78, 5) is 0. The first kappa shape index (κ1) is 10.8. The first-order valence-electron chi connectivity index (χ1n) is 4.05. The van der Waals surface area contributed by atoms with Gasteiger partial charge in [0.15, 0.2) is 0 Å². The molecule has 0 spiro atoms. The van der Waals surface area contributed by atoms with Crippen LogP contribution in [-0.4, -0.2) is 53.9 Å². The maximum absolute atomic E-state index is 13.2. The molecule has 0 saturated heterocycles. The van der Waals surface area contributed by atoms with Gasteiger partial charge >= 0.3 is 0 Å². The molecule has 6 N–H and O–H groups in total. The van der Waals surface area contributed by atoms with Crippen molar-refractivity contribution in [3.05, 3.63) is 0 Å². The number of rotatable bonds is 1. The summed E-state index contributed by atoms with van der Waals surface area (Å²) < 4.78 is 18.0. The van der Waals surface area contributed by atoms with Crippen molar-refractivity contribution < 1.29 is 19.3 Å². The van der Waals surface area contributed by atoms with Gasteiger partial charge in [0, 0.05) is 7.11 Å². The second-order valence-electron chi connectivity index (χ2n) is 3.28. The molecule has 6 heteroatoms. The highest BCUT2D eigenvalue weighted by Crippen LogP contribution is 2.22. The number of aliphatic hydroxyl groups excluding tert-OH is 2. The van der Waals surface area contributed by atoms with Crippen molar-refractivity contribution in [1.82, 2.24) is 0 Å². The van der Waals surface area contributed by atoms with Crippen LogP contribution in [0.1, 0.15) is 0 Å². The third-order valence-corrected chi connectivity index (χ3v) is 2.47. The molecule has 1 fully saturated rings. The number of ether oxygens (including phenoxy) is 1. The summed E-state index contributed by atoms with van der Waals surface area (Å²) in [5.74, 6) is 0. The molecule has 1 aliphatic rings. The van der Waals surface area contributed by atoms with E-state index in [1.165, 1.54) is 7.11 Å². The molecule has 1 saturated carbocycles. The van der Waals surface area contributed by atoms with Gasteiger partial charge in [0.2, 0.25) is 0 Å². The summed E-state index contributed by atoms with van der Waals surface area (Å²) in [6.07, 6.45) is -5.05. The van der Waals surface area contributed by atoms with Crippen LogP contribution in [0.3, 0.4) is 0 Å². The number of hydrogen-bond donors (Lipinski definition) is 4. The lowest BCUT2D eigenvalue weighted by molar-refractivity contribution is -0.135. The summed E-state index contributed by atoms with van der Waals surface area (Å²) >= 11 is 0. The number of methoxy groups -OCH3 is 1. The largest absolute Gasteiger partial charge is 0.389 e. The minimum atomic E-state index is -1.57. The Kier molecular flexibility index (Phi) is 3.20. The Bertz CT molecular complexity index is 167. The Hall–Kier alpha value is -0.270. The number of hydrogen-bond acceptors (Lipinski definition) is 5. The van der Waals surface area contributed by atoms with Gasteiger partial charge in [-0.15, -0.1) is 0 Å². The fraction of sp³-hybridized carbons (Fsp3) is 1.00. The zero-order valence-corrected chi connectivity index (χ0v) is 7.30. The standard InChI is InChI=1S/C7H15FN2O3/c1-13-7-4(10)2(8)3(9)5(11)6(7)12/h2-7,11-12H,9-10H2,1H3/t2-,3+,4-,5-,6+,7+/m0/s1. The minimum absolute atomic E-state index is 0.912. The molecule has 0 unspecified atom stereocenters. The van der Waals surface area contributed by atoms with Gasteiger partial charge in [-0.05, 0) is 0 Å². The third-order valence-electron chi connectivity index (χ3n) is 2.47. The van der Waals surface area contributed by atoms with Crippen molar-refractivity contribution >= 4 is 0 Å². The monoisotopic (exact) mass is 194 g/mol. The Morgan fingerprint density at radius 2 is 1.69 bits per heavy atom. The SMILES string of the molecule is CO[C@@H]1[C@@H](N)[C@@H](F)[C@@H](N)[C@H](O)[C@H]1O. The smallest absolute Gasteiger partial charge is 0.135 e. The predicted molar refractivity (Wildman–Crippen MR) is 43.7 cm³/mol. The van der Waals surface area contributed by atoms with Crippen LogP contribution >= 0.6 is 0 Å². The van der Waals surface area contributed by atoms with Gasteiger partial charge in [-0.1, -0.05) is 0 Å². The van der Waals surface area contributed by atoms with E-state index in [4.69, 9.17) is 16.2 Å². The Morgan fingerprint density at radius 1 is 1.15 bits per heavy atom. The molecule has 0 bridgehead atoms. The number of halogens is 1. The van der Waals surface area contributed by atoms with E-state index in [1.54, 1.807) is 0 Å². The second-order valence-corrected chi connectivity index (χ2v) is 3.28. The zero-order valence-electron chi connectivity index (χ0n) is 7.30. The van der Waals surface area contributed by atoms with E-state index in [9.17, 15) is 14.6 Å². The van der Waals surface area contributed by atoms with Crippen LogP contribution in [0, 0.1) is 0 Å². The molecule has 0 aliphatic heterocycles. The molecule has 1 rings (SSSR count). The molecule has 13 heavy (non-hydrogen) atoms. The van der Waals surface area contributed by atoms with Crippen molar-refractivity contribution in [2.75, 3.05) is 7.11 Å². The topological polar surface area (TPSA) is 102 Å². The summed E-state index contributed by atoms with van der Waals surface area (Å²) in [5.41, 5.74) is 10.7. The molecule has 0 heterocycles. The Morgan fingerprint density at radius 3 is 2.15 bits per heavy atom. The Balaban J connectivity index is 2.79. The summed E-state index contributed by atoms with van der Waals surface area (Å²) in [6, 6.07) is -2.16. The highest BCUT2D eigenvalue weighted by atomic mass is 19.1. The lowest BCUT2D eigenvalue weighted by atomic mass is 9.83. The highest BCUT2D eigenvalue weighted by molar-refractivity contribution is 5.03. The Labute approximate surface area is 75.5 Å². The number of alkyl halides is 1. The molecular weight excluding hydrogens is 179 g/mol. The summed E-state index contributed by atoms with van der Waals surface area (Å²) in [6.45, 7) is 0. The van der Waals surface area contributed by atoms with Gasteiger partial charge in [0.05, 0.1) is 12.1 Å². The van der Waals surface area contributed by atoms with Crippen molar-refractivity contribution in [3.8, 4) is 0 Å². The molecule has 1 aliphatic carbocycles. The molecular formula is C7H15FN2O3. The van der Waals surface area contributed by atoms with Crippen LogP contribution < -0.4 is 11.5 Å². The number of aliphatic hydroxyl groups is 2. The molecule has 0 aromatic rings. The normalized spacial score (nSPS) is 52.2. The molecule has 0 amide bonds. The summed E-state index contributed by atoms with van der Waals surface area (Å²) in [5, 5.41) is 18.7. The van der Waals surface area contributed by atoms with E-state index < -0.39 is 36.6 Å².